The van der Waals surface area contributed by atoms with Crippen molar-refractivity contribution in [3.8, 4) is 0 Å². The minimum atomic E-state index is 0.332. The summed E-state index contributed by atoms with van der Waals surface area (Å²) < 4.78 is 0. The van der Waals surface area contributed by atoms with Gasteiger partial charge in [-0.3, -0.25) is 0 Å². The predicted molar refractivity (Wildman–Crippen MR) is 57.9 cm³/mol. The van der Waals surface area contributed by atoms with Gasteiger partial charge in [0.15, 0.2) is 0 Å². The number of aliphatic hydroxyl groups is 1. The highest BCUT2D eigenvalue weighted by Crippen LogP contribution is 1.94. The maximum Gasteiger partial charge on any atom is 0.101 e. The van der Waals surface area contributed by atoms with Crippen LogP contribution >= 0.6 is 0 Å². The number of nitrogens with two attached hydrogens (primary N) is 1. The van der Waals surface area contributed by atoms with E-state index in [2.05, 4.69) is 29.6 Å². The maximum absolute atomic E-state index is 8.59. The minimum Gasteiger partial charge on any atom is -0.396 e. The summed E-state index contributed by atoms with van der Waals surface area (Å²) in [6.07, 6.45) is 3.29. The van der Waals surface area contributed by atoms with Gasteiger partial charge in [-0.25, -0.2) is 0 Å². The third kappa shape index (κ3) is 5.00. The minimum absolute atomic E-state index is 0.332. The van der Waals surface area contributed by atoms with E-state index < -0.39 is 0 Å². The van der Waals surface area contributed by atoms with Crippen LogP contribution in [0, 0.1) is 0 Å². The molecule has 14 heavy (non-hydrogen) atoms. The molecule has 0 spiro atoms. The lowest BCUT2D eigenvalue weighted by molar-refractivity contribution is -0.671. The topological polar surface area (TPSA) is 36.8 Å². The zero-order valence-corrected chi connectivity index (χ0v) is 8.65. The van der Waals surface area contributed by atoms with Crippen LogP contribution in [0.3, 0.4) is 0 Å². The van der Waals surface area contributed by atoms with E-state index in [0.717, 1.165) is 25.9 Å². The molecular formula is C12H20NO+. The van der Waals surface area contributed by atoms with Crippen LogP contribution in [0.5, 0.6) is 0 Å². The lowest BCUT2D eigenvalue weighted by Crippen LogP contribution is -2.82. The molecular weight excluding hydrogens is 174 g/mol. The Labute approximate surface area is 86.0 Å². The van der Waals surface area contributed by atoms with Crippen LogP contribution in [0.15, 0.2) is 30.3 Å². The molecule has 0 atom stereocenters. The lowest BCUT2D eigenvalue weighted by Gasteiger charge is -2.01. The molecule has 0 bridgehead atoms. The number of rotatable bonds is 7. The first kappa shape index (κ1) is 11.2. The molecule has 2 nitrogen and oxygen atoms in total. The largest absolute Gasteiger partial charge is 0.396 e. The average Bonchev–Trinajstić information content (AvgIpc) is 2.25. The zero-order chi connectivity index (χ0) is 10.1. The lowest BCUT2D eigenvalue weighted by atomic mass is 10.2. The molecule has 0 aliphatic rings. The SMILES string of the molecule is OCCCCC[NH2+]Cc1ccccc1. The van der Waals surface area contributed by atoms with E-state index in [9.17, 15) is 0 Å². The van der Waals surface area contributed by atoms with Crippen molar-refractivity contribution in [2.45, 2.75) is 25.8 Å². The summed E-state index contributed by atoms with van der Waals surface area (Å²) >= 11 is 0. The molecule has 1 rings (SSSR count). The Morgan fingerprint density at radius 1 is 1.00 bits per heavy atom. The van der Waals surface area contributed by atoms with Gasteiger partial charge in [0.25, 0.3) is 0 Å². The molecule has 1 aromatic rings. The molecule has 2 heteroatoms. The fraction of sp³-hybridized carbons (Fsp3) is 0.500. The van der Waals surface area contributed by atoms with Crippen molar-refractivity contribution < 1.29 is 10.4 Å². The number of aliphatic hydroxyl groups excluding tert-OH is 1. The molecule has 0 aliphatic carbocycles. The van der Waals surface area contributed by atoms with Crippen LogP contribution in [0.25, 0.3) is 0 Å². The van der Waals surface area contributed by atoms with Gasteiger partial charge in [-0.05, 0) is 19.3 Å². The molecule has 1 aromatic carbocycles. The van der Waals surface area contributed by atoms with Crippen molar-refractivity contribution in [1.82, 2.24) is 0 Å². The van der Waals surface area contributed by atoms with Crippen LogP contribution in [0.4, 0.5) is 0 Å². The number of benzene rings is 1. The van der Waals surface area contributed by atoms with Crippen LogP contribution in [0.1, 0.15) is 24.8 Å². The highest BCUT2D eigenvalue weighted by molar-refractivity contribution is 5.12. The number of hydrogen-bond acceptors (Lipinski definition) is 1. The quantitative estimate of drug-likeness (QED) is 0.622. The van der Waals surface area contributed by atoms with Crippen molar-refractivity contribution in [2.75, 3.05) is 13.2 Å². The van der Waals surface area contributed by atoms with Gasteiger partial charge < -0.3 is 10.4 Å². The fourth-order valence-corrected chi connectivity index (χ4v) is 1.46. The highest BCUT2D eigenvalue weighted by Gasteiger charge is 1.93. The summed E-state index contributed by atoms with van der Waals surface area (Å²) in [7, 11) is 0. The summed E-state index contributed by atoms with van der Waals surface area (Å²) in [5.74, 6) is 0. The van der Waals surface area contributed by atoms with Crippen molar-refractivity contribution in [3.63, 3.8) is 0 Å². The molecule has 0 radical (unpaired) electrons. The Hall–Kier alpha value is -0.860. The number of unbranched alkanes of at least 4 members (excludes halogenated alkanes) is 2. The first-order valence-corrected chi connectivity index (χ1v) is 5.40. The maximum atomic E-state index is 8.59. The molecule has 0 aromatic heterocycles. The molecule has 0 amide bonds. The van der Waals surface area contributed by atoms with Gasteiger partial charge in [0.2, 0.25) is 0 Å². The van der Waals surface area contributed by atoms with Crippen molar-refractivity contribution >= 4 is 0 Å². The monoisotopic (exact) mass is 194 g/mol. The zero-order valence-electron chi connectivity index (χ0n) is 8.65. The van der Waals surface area contributed by atoms with Crippen molar-refractivity contribution in [3.05, 3.63) is 35.9 Å². The summed E-state index contributed by atoms with van der Waals surface area (Å²) in [4.78, 5) is 0. The van der Waals surface area contributed by atoms with Crippen molar-refractivity contribution in [1.29, 1.82) is 0 Å². The number of hydrogen-bond donors (Lipinski definition) is 2. The Morgan fingerprint density at radius 2 is 1.79 bits per heavy atom. The fourth-order valence-electron chi connectivity index (χ4n) is 1.46. The third-order valence-corrected chi connectivity index (χ3v) is 2.29. The smallest absolute Gasteiger partial charge is 0.101 e. The molecule has 3 N–H and O–H groups in total. The van der Waals surface area contributed by atoms with Gasteiger partial charge in [0, 0.05) is 12.2 Å². The van der Waals surface area contributed by atoms with Gasteiger partial charge in [0.1, 0.15) is 6.54 Å². The summed E-state index contributed by atoms with van der Waals surface area (Å²) in [6.45, 7) is 2.56. The second-order valence-corrected chi connectivity index (χ2v) is 3.55. The first-order valence-electron chi connectivity index (χ1n) is 5.40. The molecule has 0 saturated heterocycles. The van der Waals surface area contributed by atoms with E-state index in [-0.39, 0.29) is 0 Å². The second kappa shape index (κ2) is 7.54. The van der Waals surface area contributed by atoms with Crippen LogP contribution in [-0.4, -0.2) is 18.3 Å². The molecule has 0 fully saturated rings. The van der Waals surface area contributed by atoms with Gasteiger partial charge in [-0.15, -0.1) is 0 Å². The third-order valence-electron chi connectivity index (χ3n) is 2.29. The first-order chi connectivity index (χ1) is 6.93. The standard InChI is InChI=1S/C12H19NO/c14-10-6-2-5-9-13-11-12-7-3-1-4-8-12/h1,3-4,7-8,13-14H,2,5-6,9-11H2/p+1. The van der Waals surface area contributed by atoms with E-state index in [4.69, 9.17) is 5.11 Å². The van der Waals surface area contributed by atoms with E-state index in [1.807, 2.05) is 6.07 Å². The van der Waals surface area contributed by atoms with E-state index in [0.29, 0.717) is 6.61 Å². The second-order valence-electron chi connectivity index (χ2n) is 3.55. The molecule has 0 heterocycles. The summed E-state index contributed by atoms with van der Waals surface area (Å²) in [5.41, 5.74) is 1.38. The van der Waals surface area contributed by atoms with E-state index >= 15 is 0 Å². The average molecular weight is 194 g/mol. The Morgan fingerprint density at radius 3 is 2.50 bits per heavy atom. The summed E-state index contributed by atoms with van der Waals surface area (Å²) in [5, 5.41) is 10.9. The molecule has 0 unspecified atom stereocenters. The van der Waals surface area contributed by atoms with Gasteiger partial charge in [-0.1, -0.05) is 30.3 Å². The van der Waals surface area contributed by atoms with Crippen molar-refractivity contribution in [2.24, 2.45) is 0 Å². The van der Waals surface area contributed by atoms with Crippen LogP contribution in [-0.2, 0) is 6.54 Å². The summed E-state index contributed by atoms with van der Waals surface area (Å²) in [6, 6.07) is 10.5. The Kier molecular flexibility index (Phi) is 6.04. The normalized spacial score (nSPS) is 10.4. The molecule has 0 aliphatic heterocycles. The van der Waals surface area contributed by atoms with Crippen LogP contribution < -0.4 is 5.32 Å². The molecule has 78 valence electrons. The Balaban J connectivity index is 1.99. The van der Waals surface area contributed by atoms with E-state index in [1.165, 1.54) is 12.0 Å². The predicted octanol–water partition coefficient (Wildman–Crippen LogP) is 0.913. The molecule has 0 saturated carbocycles. The highest BCUT2D eigenvalue weighted by atomic mass is 16.2. The number of quaternary nitrogens is 1. The Bertz CT molecular complexity index is 223. The van der Waals surface area contributed by atoms with Gasteiger partial charge >= 0.3 is 0 Å². The van der Waals surface area contributed by atoms with E-state index in [1.54, 1.807) is 0 Å². The van der Waals surface area contributed by atoms with Crippen LogP contribution in [0.2, 0.25) is 0 Å². The van der Waals surface area contributed by atoms with Gasteiger partial charge in [-0.2, -0.15) is 0 Å². The van der Waals surface area contributed by atoms with Gasteiger partial charge in [0.05, 0.1) is 6.54 Å².